The number of rotatable bonds is 10. The molecular formula is C29H28N2O7S. The van der Waals surface area contributed by atoms with Crippen LogP contribution in [0.2, 0.25) is 0 Å². The second-order valence-electron chi connectivity index (χ2n) is 8.79. The van der Waals surface area contributed by atoms with Crippen molar-refractivity contribution in [3.63, 3.8) is 0 Å². The standard InChI is InChI=1S/C29H28N2O7S/c1-4-6-16-37-21-13-9-19(10-14-21)24(33)22-23(18-7-11-20(32)12-8-18)31(27(35)25(22)34)29-30-17(3)26(39-29)28(36)38-15-5-2/h5,7-14,23,32-33H,2,4,6,15-16H2,1,3H3/b24-22+. The Hall–Kier alpha value is -4.44. The average Bonchev–Trinajstić information content (AvgIpc) is 3.44. The van der Waals surface area contributed by atoms with Crippen molar-refractivity contribution in [2.24, 2.45) is 0 Å². The molecule has 0 saturated carbocycles. The Bertz CT molecular complexity index is 1420. The number of benzene rings is 2. The van der Waals surface area contributed by atoms with E-state index in [1.807, 2.05) is 0 Å². The summed E-state index contributed by atoms with van der Waals surface area (Å²) in [6, 6.07) is 11.5. The Morgan fingerprint density at radius 2 is 1.85 bits per heavy atom. The van der Waals surface area contributed by atoms with Crippen LogP contribution in [0.25, 0.3) is 5.76 Å². The topological polar surface area (TPSA) is 126 Å². The van der Waals surface area contributed by atoms with Gasteiger partial charge in [-0.15, -0.1) is 0 Å². The van der Waals surface area contributed by atoms with E-state index in [4.69, 9.17) is 9.47 Å². The van der Waals surface area contributed by atoms with Crippen LogP contribution in [0.3, 0.4) is 0 Å². The molecule has 3 aromatic rings. The van der Waals surface area contributed by atoms with E-state index in [-0.39, 0.29) is 33.7 Å². The van der Waals surface area contributed by atoms with Gasteiger partial charge >= 0.3 is 11.9 Å². The number of hydrogen-bond donors (Lipinski definition) is 2. The predicted molar refractivity (Wildman–Crippen MR) is 147 cm³/mol. The highest BCUT2D eigenvalue weighted by Gasteiger charge is 2.48. The summed E-state index contributed by atoms with van der Waals surface area (Å²) in [6.45, 7) is 7.75. The van der Waals surface area contributed by atoms with Crippen LogP contribution in [-0.4, -0.2) is 46.1 Å². The van der Waals surface area contributed by atoms with Gasteiger partial charge in [0, 0.05) is 5.56 Å². The number of anilines is 1. The maximum atomic E-state index is 13.4. The number of ketones is 1. The minimum absolute atomic E-state index is 0.00592. The first kappa shape index (κ1) is 27.6. The van der Waals surface area contributed by atoms with Crippen molar-refractivity contribution >= 4 is 39.9 Å². The first-order valence-corrected chi connectivity index (χ1v) is 13.2. The second-order valence-corrected chi connectivity index (χ2v) is 9.76. The summed E-state index contributed by atoms with van der Waals surface area (Å²) in [6.07, 6.45) is 3.33. The Kier molecular flexibility index (Phi) is 8.46. The van der Waals surface area contributed by atoms with Crippen LogP contribution in [0.4, 0.5) is 5.13 Å². The van der Waals surface area contributed by atoms with Gasteiger partial charge in [0.15, 0.2) is 5.13 Å². The number of esters is 1. The summed E-state index contributed by atoms with van der Waals surface area (Å²) in [5.74, 6) is -2.20. The maximum absolute atomic E-state index is 13.4. The fourth-order valence-corrected chi connectivity index (χ4v) is 5.06. The monoisotopic (exact) mass is 548 g/mol. The molecule has 1 aliphatic rings. The molecule has 0 aliphatic carbocycles. The van der Waals surface area contributed by atoms with E-state index in [1.165, 1.54) is 18.2 Å². The number of aryl methyl sites for hydroxylation is 1. The van der Waals surface area contributed by atoms with Crippen LogP contribution in [0.15, 0.2) is 66.8 Å². The highest BCUT2D eigenvalue weighted by molar-refractivity contribution is 7.17. The zero-order chi connectivity index (χ0) is 28.1. The van der Waals surface area contributed by atoms with E-state index in [0.29, 0.717) is 29.2 Å². The lowest BCUT2D eigenvalue weighted by Crippen LogP contribution is -2.29. The Balaban J connectivity index is 1.79. The SMILES string of the molecule is C=CCOC(=O)c1sc(N2C(=O)C(=O)/C(=C(/O)c3ccc(OCCCC)cc3)C2c2ccc(O)cc2)nc1C. The summed E-state index contributed by atoms with van der Waals surface area (Å²) >= 11 is 0.906. The fraction of sp³-hybridized carbons (Fsp3) is 0.241. The molecule has 1 unspecified atom stereocenters. The van der Waals surface area contributed by atoms with E-state index in [0.717, 1.165) is 29.1 Å². The Morgan fingerprint density at radius 3 is 2.49 bits per heavy atom. The molecule has 1 atom stereocenters. The number of phenols is 1. The lowest BCUT2D eigenvalue weighted by molar-refractivity contribution is -0.132. The number of aromatic hydroxyl groups is 1. The number of Topliss-reactive ketones (excluding diaryl/α,β-unsaturated/α-hetero) is 1. The first-order valence-electron chi connectivity index (χ1n) is 12.3. The number of nitrogens with zero attached hydrogens (tertiary/aromatic N) is 2. The van der Waals surface area contributed by atoms with Gasteiger partial charge in [0.2, 0.25) is 0 Å². The number of amides is 1. The van der Waals surface area contributed by atoms with Gasteiger partial charge in [-0.2, -0.15) is 0 Å². The van der Waals surface area contributed by atoms with Gasteiger partial charge in [0.25, 0.3) is 5.78 Å². The minimum Gasteiger partial charge on any atom is -0.508 e. The normalized spacial score (nSPS) is 16.4. The quantitative estimate of drug-likeness (QED) is 0.0872. The third-order valence-corrected chi connectivity index (χ3v) is 7.19. The van der Waals surface area contributed by atoms with E-state index in [1.54, 1.807) is 43.3 Å². The van der Waals surface area contributed by atoms with Crippen LogP contribution in [0, 0.1) is 6.92 Å². The average molecular weight is 549 g/mol. The summed E-state index contributed by atoms with van der Waals surface area (Å²) in [4.78, 5) is 44.9. The van der Waals surface area contributed by atoms with Crippen molar-refractivity contribution in [1.82, 2.24) is 4.98 Å². The molecule has 0 spiro atoms. The van der Waals surface area contributed by atoms with Crippen LogP contribution < -0.4 is 9.64 Å². The number of aliphatic hydroxyl groups is 1. The highest BCUT2D eigenvalue weighted by atomic mass is 32.1. The second kappa shape index (κ2) is 12.0. The fourth-order valence-electron chi connectivity index (χ4n) is 4.08. The van der Waals surface area contributed by atoms with Crippen molar-refractivity contribution in [2.75, 3.05) is 18.1 Å². The molecule has 2 aromatic carbocycles. The Morgan fingerprint density at radius 1 is 1.15 bits per heavy atom. The van der Waals surface area contributed by atoms with Crippen molar-refractivity contribution in [3.05, 3.63) is 88.5 Å². The number of carbonyl (C=O) groups excluding carboxylic acids is 3. The number of carbonyl (C=O) groups is 3. The van der Waals surface area contributed by atoms with Crippen molar-refractivity contribution in [3.8, 4) is 11.5 Å². The summed E-state index contributed by atoms with van der Waals surface area (Å²) < 4.78 is 10.8. The number of ether oxygens (including phenoxy) is 2. The molecule has 10 heteroatoms. The smallest absolute Gasteiger partial charge is 0.350 e. The summed E-state index contributed by atoms with van der Waals surface area (Å²) in [5, 5.41) is 21.2. The molecule has 39 heavy (non-hydrogen) atoms. The van der Waals surface area contributed by atoms with Gasteiger partial charge in [-0.1, -0.05) is 49.5 Å². The first-order chi connectivity index (χ1) is 18.8. The molecule has 2 heterocycles. The van der Waals surface area contributed by atoms with Crippen LogP contribution in [0.5, 0.6) is 11.5 Å². The molecule has 1 saturated heterocycles. The van der Waals surface area contributed by atoms with Gasteiger partial charge in [0.1, 0.15) is 28.7 Å². The van der Waals surface area contributed by atoms with E-state index >= 15 is 0 Å². The van der Waals surface area contributed by atoms with Crippen molar-refractivity contribution in [1.29, 1.82) is 0 Å². The largest absolute Gasteiger partial charge is 0.508 e. The molecule has 4 rings (SSSR count). The molecule has 1 aliphatic heterocycles. The lowest BCUT2D eigenvalue weighted by atomic mass is 9.95. The van der Waals surface area contributed by atoms with Gasteiger partial charge in [-0.3, -0.25) is 14.5 Å². The third-order valence-electron chi connectivity index (χ3n) is 6.06. The maximum Gasteiger partial charge on any atom is 0.350 e. The number of hydrogen-bond acceptors (Lipinski definition) is 9. The molecule has 1 fully saturated rings. The molecule has 202 valence electrons. The third kappa shape index (κ3) is 5.70. The number of aromatic nitrogens is 1. The number of phenolic OH excluding ortho intramolecular Hbond substituents is 1. The van der Waals surface area contributed by atoms with E-state index in [9.17, 15) is 24.6 Å². The molecule has 0 bridgehead atoms. The molecular weight excluding hydrogens is 520 g/mol. The van der Waals surface area contributed by atoms with Gasteiger partial charge in [-0.25, -0.2) is 9.78 Å². The van der Waals surface area contributed by atoms with Crippen molar-refractivity contribution in [2.45, 2.75) is 32.7 Å². The number of thiazole rings is 1. The molecule has 0 radical (unpaired) electrons. The van der Waals surface area contributed by atoms with Gasteiger partial charge in [0.05, 0.1) is 23.9 Å². The molecule has 9 nitrogen and oxygen atoms in total. The van der Waals surface area contributed by atoms with Crippen molar-refractivity contribution < 1.29 is 34.1 Å². The van der Waals surface area contributed by atoms with Gasteiger partial charge in [-0.05, 0) is 55.3 Å². The lowest BCUT2D eigenvalue weighted by Gasteiger charge is -2.23. The summed E-state index contributed by atoms with van der Waals surface area (Å²) in [5.41, 5.74) is 0.961. The summed E-state index contributed by atoms with van der Waals surface area (Å²) in [7, 11) is 0. The van der Waals surface area contributed by atoms with E-state index < -0.39 is 23.7 Å². The number of unbranched alkanes of at least 4 members (excludes halogenated alkanes) is 1. The van der Waals surface area contributed by atoms with E-state index in [2.05, 4.69) is 18.5 Å². The number of aliphatic hydroxyl groups excluding tert-OH is 1. The zero-order valence-electron chi connectivity index (χ0n) is 21.5. The highest BCUT2D eigenvalue weighted by Crippen LogP contribution is 2.44. The predicted octanol–water partition coefficient (Wildman–Crippen LogP) is 5.31. The zero-order valence-corrected chi connectivity index (χ0v) is 22.4. The van der Waals surface area contributed by atoms with Gasteiger partial charge < -0.3 is 19.7 Å². The van der Waals surface area contributed by atoms with Crippen LogP contribution in [-0.2, 0) is 14.3 Å². The molecule has 1 amide bonds. The van der Waals surface area contributed by atoms with Crippen LogP contribution in [0.1, 0.15) is 52.3 Å². The van der Waals surface area contributed by atoms with Crippen LogP contribution >= 0.6 is 11.3 Å². The Labute approximate surface area is 229 Å². The minimum atomic E-state index is -1.06. The molecule has 2 N–H and O–H groups in total. The molecule has 1 aromatic heterocycles.